The Balaban J connectivity index is 2.88. The normalized spacial score (nSPS) is 12.4. The molecule has 0 aliphatic rings. The fraction of sp³-hybridized carbons (Fsp3) is 0.500. The van der Waals surface area contributed by atoms with Gasteiger partial charge in [-0.2, -0.15) is 13.2 Å². The van der Waals surface area contributed by atoms with E-state index in [1.54, 1.807) is 0 Å². The van der Waals surface area contributed by atoms with Crippen molar-refractivity contribution in [1.82, 2.24) is 9.71 Å². The number of alkyl halides is 3. The van der Waals surface area contributed by atoms with Gasteiger partial charge in [0, 0.05) is 12.7 Å². The lowest BCUT2D eigenvalue weighted by molar-refractivity contribution is -0.121. The van der Waals surface area contributed by atoms with Gasteiger partial charge in [-0.3, -0.25) is 0 Å². The highest BCUT2D eigenvalue weighted by atomic mass is 35.5. The van der Waals surface area contributed by atoms with E-state index in [2.05, 4.69) is 10.3 Å². The Bertz CT molecular complexity index is 563. The summed E-state index contributed by atoms with van der Waals surface area (Å²) in [5, 5.41) is 2.88. The molecule has 0 atom stereocenters. The smallest absolute Gasteiger partial charge is 0.369 e. The zero-order valence-corrected chi connectivity index (χ0v) is 12.0. The Morgan fingerprint density at radius 1 is 1.40 bits per heavy atom. The molecule has 10 heteroatoms. The van der Waals surface area contributed by atoms with Crippen LogP contribution in [0.4, 0.5) is 19.0 Å². The van der Waals surface area contributed by atoms with Gasteiger partial charge >= 0.3 is 6.18 Å². The molecule has 0 radical (unpaired) electrons. The molecular weight excluding hydrogens is 319 g/mol. The third-order valence-corrected chi connectivity index (χ3v) is 3.79. The van der Waals surface area contributed by atoms with E-state index in [1.807, 2.05) is 6.92 Å². The van der Waals surface area contributed by atoms with Crippen LogP contribution in [-0.4, -0.2) is 32.7 Å². The first-order valence-corrected chi connectivity index (χ1v) is 7.47. The highest BCUT2D eigenvalue weighted by Gasteiger charge is 2.30. The van der Waals surface area contributed by atoms with Crippen LogP contribution in [0.15, 0.2) is 17.2 Å². The second-order valence-corrected chi connectivity index (χ2v) is 6.04. The molecule has 1 aromatic rings. The molecule has 0 bridgehead atoms. The monoisotopic (exact) mass is 331 g/mol. The lowest BCUT2D eigenvalue weighted by atomic mass is 10.4. The van der Waals surface area contributed by atoms with Crippen molar-refractivity contribution < 1.29 is 21.6 Å². The topological polar surface area (TPSA) is 71.1 Å². The first-order chi connectivity index (χ1) is 9.15. The van der Waals surface area contributed by atoms with Crippen molar-refractivity contribution >= 4 is 27.4 Å². The van der Waals surface area contributed by atoms with Gasteiger partial charge in [0.15, 0.2) is 0 Å². The molecule has 0 aliphatic carbocycles. The van der Waals surface area contributed by atoms with Crippen molar-refractivity contribution in [3.63, 3.8) is 0 Å². The molecule has 1 rings (SSSR count). The van der Waals surface area contributed by atoms with Crippen LogP contribution in [0, 0.1) is 0 Å². The maximum absolute atomic E-state index is 12.0. The molecule has 0 spiro atoms. The van der Waals surface area contributed by atoms with Crippen LogP contribution in [0.25, 0.3) is 0 Å². The molecule has 0 unspecified atom stereocenters. The van der Waals surface area contributed by atoms with Crippen molar-refractivity contribution in [2.45, 2.75) is 24.4 Å². The van der Waals surface area contributed by atoms with E-state index in [0.717, 1.165) is 18.7 Å². The van der Waals surface area contributed by atoms with E-state index in [0.29, 0.717) is 6.54 Å². The van der Waals surface area contributed by atoms with Gasteiger partial charge in [0.1, 0.15) is 17.3 Å². The number of nitrogens with one attached hydrogen (secondary N) is 2. The zero-order chi connectivity index (χ0) is 15.4. The van der Waals surface area contributed by atoms with E-state index in [-0.39, 0.29) is 10.8 Å². The molecule has 5 nitrogen and oxygen atoms in total. The largest absolute Gasteiger partial charge is 0.402 e. The molecule has 2 N–H and O–H groups in total. The zero-order valence-electron chi connectivity index (χ0n) is 10.5. The van der Waals surface area contributed by atoms with Gasteiger partial charge in [-0.25, -0.2) is 18.1 Å². The number of halogens is 4. The van der Waals surface area contributed by atoms with Crippen molar-refractivity contribution in [3.8, 4) is 0 Å². The quantitative estimate of drug-likeness (QED) is 0.839. The molecule has 0 aliphatic heterocycles. The number of pyridine rings is 1. The van der Waals surface area contributed by atoms with Crippen molar-refractivity contribution in [2.24, 2.45) is 0 Å². The molecule has 0 fully saturated rings. The van der Waals surface area contributed by atoms with Gasteiger partial charge in [0.2, 0.25) is 10.0 Å². The maximum atomic E-state index is 12.0. The lowest BCUT2D eigenvalue weighted by Gasteiger charge is -2.11. The fourth-order valence-corrected chi connectivity index (χ4v) is 2.48. The maximum Gasteiger partial charge on any atom is 0.402 e. The van der Waals surface area contributed by atoms with Crippen LogP contribution < -0.4 is 10.0 Å². The number of hydrogen-bond donors (Lipinski definition) is 2. The minimum Gasteiger partial charge on any atom is -0.369 e. The third kappa shape index (κ3) is 5.14. The van der Waals surface area contributed by atoms with Crippen molar-refractivity contribution in [3.05, 3.63) is 17.3 Å². The number of hydrogen-bond acceptors (Lipinski definition) is 4. The summed E-state index contributed by atoms with van der Waals surface area (Å²) in [5.41, 5.74) is 0. The Morgan fingerprint density at radius 2 is 2.05 bits per heavy atom. The fourth-order valence-electron chi connectivity index (χ4n) is 1.20. The standard InChI is InChI=1S/C10H13ClF3N3O2S/c1-2-3-15-9-8(11)4-7(5-16-9)20(18,19)17-6-10(12,13)14/h4-5,17H,2-3,6H2,1H3,(H,15,16). The van der Waals surface area contributed by atoms with Crippen LogP contribution >= 0.6 is 11.6 Å². The average Bonchev–Trinajstić information content (AvgIpc) is 2.34. The van der Waals surface area contributed by atoms with E-state index in [4.69, 9.17) is 11.6 Å². The Kier molecular flexibility index (Phi) is 5.60. The van der Waals surface area contributed by atoms with Gasteiger partial charge in [-0.15, -0.1) is 0 Å². The number of rotatable bonds is 6. The van der Waals surface area contributed by atoms with Crippen molar-refractivity contribution in [1.29, 1.82) is 0 Å². The van der Waals surface area contributed by atoms with Crippen LogP contribution in [0.3, 0.4) is 0 Å². The molecule has 0 aromatic carbocycles. The summed E-state index contributed by atoms with van der Waals surface area (Å²) in [6.45, 7) is 0.856. The molecular formula is C10H13ClF3N3O2S. The first kappa shape index (κ1) is 17.0. The third-order valence-electron chi connectivity index (χ3n) is 2.13. The second-order valence-electron chi connectivity index (χ2n) is 3.87. The van der Waals surface area contributed by atoms with Crippen molar-refractivity contribution in [2.75, 3.05) is 18.4 Å². The summed E-state index contributed by atoms with van der Waals surface area (Å²) in [6, 6.07) is 1.05. The molecule has 0 saturated carbocycles. The number of anilines is 1. The van der Waals surface area contributed by atoms with Crippen LogP contribution in [-0.2, 0) is 10.0 Å². The Labute approximate surface area is 119 Å². The van der Waals surface area contributed by atoms with E-state index in [9.17, 15) is 21.6 Å². The molecule has 1 aromatic heterocycles. The number of nitrogens with zero attached hydrogens (tertiary/aromatic N) is 1. The van der Waals surface area contributed by atoms with E-state index < -0.39 is 27.6 Å². The summed E-state index contributed by atoms with van der Waals surface area (Å²) in [5.74, 6) is 0.281. The number of aromatic nitrogens is 1. The minimum absolute atomic E-state index is 0.0216. The minimum atomic E-state index is -4.63. The van der Waals surface area contributed by atoms with Gasteiger partial charge in [0.25, 0.3) is 0 Å². The van der Waals surface area contributed by atoms with Gasteiger partial charge in [0.05, 0.1) is 5.02 Å². The SMILES string of the molecule is CCCNc1ncc(S(=O)(=O)NCC(F)(F)F)cc1Cl. The summed E-state index contributed by atoms with van der Waals surface area (Å²) < 4.78 is 60.7. The van der Waals surface area contributed by atoms with Crippen LogP contribution in [0.1, 0.15) is 13.3 Å². The average molecular weight is 332 g/mol. The first-order valence-electron chi connectivity index (χ1n) is 5.61. The molecule has 0 saturated heterocycles. The lowest BCUT2D eigenvalue weighted by Crippen LogP contribution is -2.33. The molecule has 20 heavy (non-hydrogen) atoms. The second kappa shape index (κ2) is 6.59. The molecule has 0 amide bonds. The highest BCUT2D eigenvalue weighted by Crippen LogP contribution is 2.23. The van der Waals surface area contributed by atoms with Gasteiger partial charge in [-0.1, -0.05) is 18.5 Å². The molecule has 114 valence electrons. The van der Waals surface area contributed by atoms with Crippen LogP contribution in [0.2, 0.25) is 5.02 Å². The summed E-state index contributed by atoms with van der Waals surface area (Å²) in [7, 11) is -4.30. The Hall–Kier alpha value is -1.06. The predicted octanol–water partition coefficient (Wildman–Crippen LogP) is 2.40. The summed E-state index contributed by atoms with van der Waals surface area (Å²) in [4.78, 5) is 3.36. The molecule has 1 heterocycles. The van der Waals surface area contributed by atoms with Crippen LogP contribution in [0.5, 0.6) is 0 Å². The van der Waals surface area contributed by atoms with E-state index >= 15 is 0 Å². The van der Waals surface area contributed by atoms with Gasteiger partial charge in [-0.05, 0) is 12.5 Å². The highest BCUT2D eigenvalue weighted by molar-refractivity contribution is 7.89. The number of sulfonamides is 1. The van der Waals surface area contributed by atoms with Gasteiger partial charge < -0.3 is 5.32 Å². The Morgan fingerprint density at radius 3 is 2.55 bits per heavy atom. The summed E-state index contributed by atoms with van der Waals surface area (Å²) >= 11 is 5.82. The van der Waals surface area contributed by atoms with E-state index in [1.165, 1.54) is 4.72 Å². The summed E-state index contributed by atoms with van der Waals surface area (Å²) in [6.07, 6.45) is -2.87. The predicted molar refractivity (Wildman–Crippen MR) is 69.3 cm³/mol.